The number of hydrogen-bond acceptors (Lipinski definition) is 4. The van der Waals surface area contributed by atoms with Crippen molar-refractivity contribution >= 4 is 16.9 Å². The molecule has 7 nitrogen and oxygen atoms in total. The first kappa shape index (κ1) is 18.7. The number of nitrogens with zero attached hydrogens (tertiary/aromatic N) is 5. The van der Waals surface area contributed by atoms with Crippen molar-refractivity contribution in [3.63, 3.8) is 0 Å². The van der Waals surface area contributed by atoms with Crippen LogP contribution in [0.3, 0.4) is 0 Å². The Balaban J connectivity index is 1.53. The van der Waals surface area contributed by atoms with Crippen LogP contribution in [0, 0.1) is 0 Å². The Bertz CT molecular complexity index is 1140. The lowest BCUT2D eigenvalue weighted by atomic mass is 10.3. The number of carbonyl (C=O) groups excluding carboxylic acids is 1. The zero-order valence-electron chi connectivity index (χ0n) is 16.7. The SMILES string of the molecule is CCn1c(CN(C)C(=O)c2ccn(-c3ccc(OC)cc3)n2)nc2ccccc21. The van der Waals surface area contributed by atoms with E-state index in [-0.39, 0.29) is 5.91 Å². The molecule has 0 unspecified atom stereocenters. The number of aromatic nitrogens is 4. The highest BCUT2D eigenvalue weighted by molar-refractivity contribution is 5.92. The Morgan fingerprint density at radius 3 is 2.59 bits per heavy atom. The van der Waals surface area contributed by atoms with Crippen LogP contribution < -0.4 is 4.74 Å². The van der Waals surface area contributed by atoms with Gasteiger partial charge in [-0.3, -0.25) is 4.79 Å². The topological polar surface area (TPSA) is 65.2 Å². The molecule has 2 heterocycles. The van der Waals surface area contributed by atoms with Gasteiger partial charge in [-0.1, -0.05) is 12.1 Å². The molecule has 4 aromatic rings. The number of fused-ring (bicyclic) bond motifs is 1. The first-order valence-electron chi connectivity index (χ1n) is 9.50. The highest BCUT2D eigenvalue weighted by atomic mass is 16.5. The maximum atomic E-state index is 12.9. The van der Waals surface area contributed by atoms with Crippen LogP contribution in [0.5, 0.6) is 5.75 Å². The fourth-order valence-electron chi connectivity index (χ4n) is 3.40. The van der Waals surface area contributed by atoms with Crippen LogP contribution in [0.1, 0.15) is 23.2 Å². The van der Waals surface area contributed by atoms with Crippen molar-refractivity contribution in [1.82, 2.24) is 24.2 Å². The van der Waals surface area contributed by atoms with Gasteiger partial charge < -0.3 is 14.2 Å². The summed E-state index contributed by atoms with van der Waals surface area (Å²) in [6.45, 7) is 3.29. The van der Waals surface area contributed by atoms with Crippen molar-refractivity contribution < 1.29 is 9.53 Å². The highest BCUT2D eigenvalue weighted by Gasteiger charge is 2.18. The number of methoxy groups -OCH3 is 1. The molecule has 29 heavy (non-hydrogen) atoms. The van der Waals surface area contributed by atoms with Gasteiger partial charge in [0.2, 0.25) is 0 Å². The number of hydrogen-bond donors (Lipinski definition) is 0. The zero-order valence-corrected chi connectivity index (χ0v) is 16.7. The largest absolute Gasteiger partial charge is 0.497 e. The Morgan fingerprint density at radius 2 is 1.86 bits per heavy atom. The van der Waals surface area contributed by atoms with Crippen LogP contribution in [0.2, 0.25) is 0 Å². The van der Waals surface area contributed by atoms with E-state index in [0.29, 0.717) is 12.2 Å². The first-order valence-corrected chi connectivity index (χ1v) is 9.50. The average Bonchev–Trinajstić information content (AvgIpc) is 3.37. The maximum Gasteiger partial charge on any atom is 0.274 e. The van der Waals surface area contributed by atoms with Crippen molar-refractivity contribution in [1.29, 1.82) is 0 Å². The van der Waals surface area contributed by atoms with Gasteiger partial charge in [0, 0.05) is 19.8 Å². The summed E-state index contributed by atoms with van der Waals surface area (Å²) in [7, 11) is 3.40. The number of ether oxygens (including phenoxy) is 1. The Labute approximate surface area is 169 Å². The fourth-order valence-corrected chi connectivity index (χ4v) is 3.40. The number of aryl methyl sites for hydroxylation is 1. The third-order valence-electron chi connectivity index (χ3n) is 4.92. The van der Waals surface area contributed by atoms with Crippen molar-refractivity contribution in [2.45, 2.75) is 20.0 Å². The van der Waals surface area contributed by atoms with Gasteiger partial charge in [-0.05, 0) is 49.4 Å². The van der Waals surface area contributed by atoms with Crippen molar-refractivity contribution in [2.75, 3.05) is 14.2 Å². The van der Waals surface area contributed by atoms with E-state index >= 15 is 0 Å². The minimum atomic E-state index is -0.146. The number of imidazole rings is 1. The van der Waals surface area contributed by atoms with Gasteiger partial charge >= 0.3 is 0 Å². The lowest BCUT2D eigenvalue weighted by Crippen LogP contribution is -2.28. The molecule has 148 valence electrons. The van der Waals surface area contributed by atoms with E-state index in [2.05, 4.69) is 16.6 Å². The van der Waals surface area contributed by atoms with Gasteiger partial charge in [-0.2, -0.15) is 5.10 Å². The van der Waals surface area contributed by atoms with E-state index in [4.69, 9.17) is 9.72 Å². The molecule has 2 aromatic carbocycles. The van der Waals surface area contributed by atoms with E-state index in [1.165, 1.54) is 0 Å². The molecule has 0 bridgehead atoms. The molecular weight excluding hydrogens is 366 g/mol. The van der Waals surface area contributed by atoms with E-state index in [1.807, 2.05) is 48.5 Å². The maximum absolute atomic E-state index is 12.9. The normalized spacial score (nSPS) is 11.0. The molecule has 0 aliphatic heterocycles. The quantitative estimate of drug-likeness (QED) is 0.506. The number of para-hydroxylation sites is 2. The van der Waals surface area contributed by atoms with E-state index in [0.717, 1.165) is 34.8 Å². The number of carbonyl (C=O) groups is 1. The molecule has 0 saturated carbocycles. The first-order chi connectivity index (χ1) is 14.1. The van der Waals surface area contributed by atoms with Gasteiger partial charge in [-0.25, -0.2) is 9.67 Å². The molecular formula is C22H23N5O2. The van der Waals surface area contributed by atoms with Crippen LogP contribution in [0.4, 0.5) is 0 Å². The summed E-state index contributed by atoms with van der Waals surface area (Å²) in [5, 5.41) is 4.44. The molecule has 0 aliphatic carbocycles. The van der Waals surface area contributed by atoms with Gasteiger partial charge in [0.1, 0.15) is 11.6 Å². The average molecular weight is 389 g/mol. The van der Waals surface area contributed by atoms with Crippen LogP contribution in [0.15, 0.2) is 60.8 Å². The fraction of sp³-hybridized carbons (Fsp3) is 0.227. The summed E-state index contributed by atoms with van der Waals surface area (Å²) in [5.41, 5.74) is 3.27. The van der Waals surface area contributed by atoms with Crippen LogP contribution in [0.25, 0.3) is 16.7 Å². The Morgan fingerprint density at radius 1 is 1.10 bits per heavy atom. The molecule has 1 amide bonds. The van der Waals surface area contributed by atoms with E-state index < -0.39 is 0 Å². The summed E-state index contributed by atoms with van der Waals surface area (Å²) in [5.74, 6) is 1.49. The molecule has 0 saturated heterocycles. The molecule has 4 rings (SSSR count). The molecule has 0 radical (unpaired) electrons. The molecule has 0 fully saturated rings. The minimum absolute atomic E-state index is 0.146. The second kappa shape index (κ2) is 7.79. The van der Waals surface area contributed by atoms with Crippen molar-refractivity contribution in [3.05, 3.63) is 72.3 Å². The third kappa shape index (κ3) is 3.59. The lowest BCUT2D eigenvalue weighted by molar-refractivity contribution is 0.0774. The Kier molecular flexibility index (Phi) is 5.03. The zero-order chi connectivity index (χ0) is 20.4. The van der Waals surface area contributed by atoms with Gasteiger partial charge in [0.25, 0.3) is 5.91 Å². The van der Waals surface area contributed by atoms with Crippen molar-refractivity contribution in [2.24, 2.45) is 0 Å². The molecule has 0 atom stereocenters. The number of amides is 1. The molecule has 2 aromatic heterocycles. The second-order valence-corrected chi connectivity index (χ2v) is 6.77. The predicted octanol–water partition coefficient (Wildman–Crippen LogP) is 3.52. The summed E-state index contributed by atoms with van der Waals surface area (Å²) >= 11 is 0. The molecule has 0 aliphatic rings. The second-order valence-electron chi connectivity index (χ2n) is 6.77. The summed E-state index contributed by atoms with van der Waals surface area (Å²) < 4.78 is 9.00. The Hall–Kier alpha value is -3.61. The van der Waals surface area contributed by atoms with Crippen LogP contribution in [-0.4, -0.2) is 44.3 Å². The van der Waals surface area contributed by atoms with E-state index in [1.54, 1.807) is 36.0 Å². The lowest BCUT2D eigenvalue weighted by Gasteiger charge is -2.16. The molecule has 7 heteroatoms. The molecule has 0 N–H and O–H groups in total. The minimum Gasteiger partial charge on any atom is -0.497 e. The number of rotatable bonds is 6. The van der Waals surface area contributed by atoms with Crippen LogP contribution in [-0.2, 0) is 13.1 Å². The predicted molar refractivity (Wildman–Crippen MR) is 111 cm³/mol. The summed E-state index contributed by atoms with van der Waals surface area (Å²) in [6, 6.07) is 17.3. The van der Waals surface area contributed by atoms with Gasteiger partial charge in [0.05, 0.1) is 30.4 Å². The van der Waals surface area contributed by atoms with Gasteiger partial charge in [-0.15, -0.1) is 0 Å². The summed E-state index contributed by atoms with van der Waals surface area (Å²) in [6.07, 6.45) is 1.78. The summed E-state index contributed by atoms with van der Waals surface area (Å²) in [4.78, 5) is 19.2. The van der Waals surface area contributed by atoms with Gasteiger partial charge in [0.15, 0.2) is 5.69 Å². The monoisotopic (exact) mass is 389 g/mol. The standard InChI is InChI=1S/C22H23N5O2/c1-4-26-20-8-6-5-7-18(20)23-21(26)15-25(2)22(28)19-13-14-27(24-19)16-9-11-17(29-3)12-10-16/h5-14H,4,15H2,1-3H3. The smallest absolute Gasteiger partial charge is 0.274 e. The molecule has 0 spiro atoms. The van der Waals surface area contributed by atoms with Crippen LogP contribution >= 0.6 is 0 Å². The number of benzene rings is 2. The highest BCUT2D eigenvalue weighted by Crippen LogP contribution is 2.18. The van der Waals surface area contributed by atoms with Crippen molar-refractivity contribution in [3.8, 4) is 11.4 Å². The van der Waals surface area contributed by atoms with E-state index in [9.17, 15) is 4.79 Å². The third-order valence-corrected chi connectivity index (χ3v) is 4.92.